The van der Waals surface area contributed by atoms with Crippen molar-refractivity contribution in [1.29, 1.82) is 0 Å². The molecule has 1 unspecified atom stereocenters. The van der Waals surface area contributed by atoms with Gasteiger partial charge in [0.15, 0.2) is 0 Å². The molecule has 84 valence electrons. The van der Waals surface area contributed by atoms with Crippen molar-refractivity contribution in [2.24, 2.45) is 11.1 Å². The smallest absolute Gasteiger partial charge is 0.227 e. The van der Waals surface area contributed by atoms with Crippen LogP contribution in [0.2, 0.25) is 0 Å². The average Bonchev–Trinajstić information content (AvgIpc) is 2.77. The molecule has 0 saturated carbocycles. The number of hydrogen-bond acceptors (Lipinski definition) is 4. The van der Waals surface area contributed by atoms with Gasteiger partial charge in [-0.05, 0) is 13.3 Å². The molecule has 0 radical (unpaired) electrons. The Labute approximate surface area is 93.9 Å². The van der Waals surface area contributed by atoms with E-state index >= 15 is 0 Å². The van der Waals surface area contributed by atoms with Gasteiger partial charge in [-0.3, -0.25) is 9.78 Å². The lowest BCUT2D eigenvalue weighted by Crippen LogP contribution is -2.43. The van der Waals surface area contributed by atoms with E-state index in [2.05, 4.69) is 10.3 Å². The Hall–Kier alpha value is -0.940. The SMILES string of the molecule is CCC(C)(CN)C(=O)NCc1cncs1. The van der Waals surface area contributed by atoms with E-state index in [-0.39, 0.29) is 5.91 Å². The fourth-order valence-electron chi connectivity index (χ4n) is 1.11. The third kappa shape index (κ3) is 3.00. The van der Waals surface area contributed by atoms with Crippen LogP contribution in [0.25, 0.3) is 0 Å². The van der Waals surface area contributed by atoms with E-state index in [9.17, 15) is 4.79 Å². The standard InChI is InChI=1S/C10H17N3OS/c1-3-10(2,6-11)9(14)13-5-8-4-12-7-15-8/h4,7H,3,5-6,11H2,1-2H3,(H,13,14). The van der Waals surface area contributed by atoms with Crippen LogP contribution in [0.3, 0.4) is 0 Å². The van der Waals surface area contributed by atoms with Gasteiger partial charge in [0.2, 0.25) is 5.91 Å². The Bertz CT molecular complexity index is 306. The molecule has 0 spiro atoms. The van der Waals surface area contributed by atoms with Crippen molar-refractivity contribution >= 4 is 17.2 Å². The summed E-state index contributed by atoms with van der Waals surface area (Å²) in [7, 11) is 0. The minimum Gasteiger partial charge on any atom is -0.351 e. The minimum absolute atomic E-state index is 0.0147. The van der Waals surface area contributed by atoms with E-state index in [1.165, 1.54) is 11.3 Å². The van der Waals surface area contributed by atoms with Crippen molar-refractivity contribution in [3.8, 4) is 0 Å². The number of rotatable bonds is 5. The summed E-state index contributed by atoms with van der Waals surface area (Å²) in [6.45, 7) is 4.77. The average molecular weight is 227 g/mol. The molecule has 0 fully saturated rings. The van der Waals surface area contributed by atoms with E-state index in [1.54, 1.807) is 11.7 Å². The number of thiazole rings is 1. The lowest BCUT2D eigenvalue weighted by molar-refractivity contribution is -0.130. The molecular formula is C10H17N3OS. The zero-order valence-corrected chi connectivity index (χ0v) is 9.93. The van der Waals surface area contributed by atoms with Crippen LogP contribution in [0.1, 0.15) is 25.1 Å². The van der Waals surface area contributed by atoms with Crippen LogP contribution in [0.5, 0.6) is 0 Å². The highest BCUT2D eigenvalue weighted by molar-refractivity contribution is 7.09. The van der Waals surface area contributed by atoms with E-state index in [4.69, 9.17) is 5.73 Å². The number of hydrogen-bond donors (Lipinski definition) is 2. The predicted molar refractivity (Wildman–Crippen MR) is 61.4 cm³/mol. The molecule has 0 aliphatic rings. The predicted octanol–water partition coefficient (Wildman–Crippen LogP) is 1.13. The number of nitrogens with two attached hydrogens (primary N) is 1. The maximum Gasteiger partial charge on any atom is 0.227 e. The van der Waals surface area contributed by atoms with Crippen LogP contribution in [-0.4, -0.2) is 17.4 Å². The van der Waals surface area contributed by atoms with Crippen molar-refractivity contribution < 1.29 is 4.79 Å². The lowest BCUT2D eigenvalue weighted by Gasteiger charge is -2.24. The summed E-state index contributed by atoms with van der Waals surface area (Å²) >= 11 is 1.53. The molecule has 5 heteroatoms. The molecule has 0 aliphatic heterocycles. The Morgan fingerprint density at radius 3 is 2.93 bits per heavy atom. The van der Waals surface area contributed by atoms with E-state index < -0.39 is 5.41 Å². The van der Waals surface area contributed by atoms with Gasteiger partial charge in [-0.2, -0.15) is 0 Å². The van der Waals surface area contributed by atoms with Gasteiger partial charge in [0.1, 0.15) is 0 Å². The van der Waals surface area contributed by atoms with Crippen molar-refractivity contribution in [3.05, 3.63) is 16.6 Å². The molecule has 1 atom stereocenters. The van der Waals surface area contributed by atoms with Gasteiger partial charge >= 0.3 is 0 Å². The minimum atomic E-state index is -0.454. The normalized spacial score (nSPS) is 14.6. The van der Waals surface area contributed by atoms with Gasteiger partial charge in [-0.1, -0.05) is 6.92 Å². The largest absolute Gasteiger partial charge is 0.351 e. The van der Waals surface area contributed by atoms with Crippen molar-refractivity contribution in [3.63, 3.8) is 0 Å². The Morgan fingerprint density at radius 2 is 2.47 bits per heavy atom. The molecule has 1 heterocycles. The van der Waals surface area contributed by atoms with E-state index in [0.717, 1.165) is 11.3 Å². The zero-order valence-electron chi connectivity index (χ0n) is 9.12. The van der Waals surface area contributed by atoms with Crippen LogP contribution in [-0.2, 0) is 11.3 Å². The van der Waals surface area contributed by atoms with E-state index in [1.807, 2.05) is 13.8 Å². The summed E-state index contributed by atoms with van der Waals surface area (Å²) in [5.74, 6) is 0.0147. The van der Waals surface area contributed by atoms with Gasteiger partial charge in [-0.25, -0.2) is 0 Å². The highest BCUT2D eigenvalue weighted by Crippen LogP contribution is 2.19. The Morgan fingerprint density at radius 1 is 1.73 bits per heavy atom. The lowest BCUT2D eigenvalue weighted by atomic mass is 9.87. The second-order valence-corrected chi connectivity index (χ2v) is 4.74. The van der Waals surface area contributed by atoms with Crippen LogP contribution in [0, 0.1) is 5.41 Å². The van der Waals surface area contributed by atoms with Crippen LogP contribution in [0.4, 0.5) is 0 Å². The van der Waals surface area contributed by atoms with Crippen LogP contribution < -0.4 is 11.1 Å². The topological polar surface area (TPSA) is 68.0 Å². The molecule has 3 N–H and O–H groups in total. The summed E-state index contributed by atoms with van der Waals surface area (Å²) < 4.78 is 0. The summed E-state index contributed by atoms with van der Waals surface area (Å²) in [5, 5.41) is 2.88. The highest BCUT2D eigenvalue weighted by Gasteiger charge is 2.29. The summed E-state index contributed by atoms with van der Waals surface area (Å²) in [6, 6.07) is 0. The molecular weight excluding hydrogens is 210 g/mol. The van der Waals surface area contributed by atoms with Crippen molar-refractivity contribution in [1.82, 2.24) is 10.3 Å². The first-order chi connectivity index (χ1) is 7.12. The maximum absolute atomic E-state index is 11.8. The number of aromatic nitrogens is 1. The Kier molecular flexibility index (Phi) is 4.23. The molecule has 1 aromatic heterocycles. The van der Waals surface area contributed by atoms with Crippen molar-refractivity contribution in [2.75, 3.05) is 6.54 Å². The first kappa shape index (κ1) is 12.1. The van der Waals surface area contributed by atoms with Gasteiger partial charge in [0.05, 0.1) is 17.5 Å². The first-order valence-electron chi connectivity index (χ1n) is 4.98. The zero-order chi connectivity index (χ0) is 11.3. The highest BCUT2D eigenvalue weighted by atomic mass is 32.1. The molecule has 1 amide bonds. The Balaban J connectivity index is 2.48. The third-order valence-corrected chi connectivity index (χ3v) is 3.47. The molecule has 0 aliphatic carbocycles. The second-order valence-electron chi connectivity index (χ2n) is 3.77. The molecule has 0 bridgehead atoms. The molecule has 1 rings (SSSR count). The van der Waals surface area contributed by atoms with Gasteiger partial charge in [0, 0.05) is 17.6 Å². The number of amides is 1. The van der Waals surface area contributed by atoms with Crippen LogP contribution in [0.15, 0.2) is 11.7 Å². The molecule has 15 heavy (non-hydrogen) atoms. The summed E-state index contributed by atoms with van der Waals surface area (Å²) in [4.78, 5) is 16.8. The third-order valence-electron chi connectivity index (χ3n) is 2.69. The quantitative estimate of drug-likeness (QED) is 0.792. The molecule has 4 nitrogen and oxygen atoms in total. The van der Waals surface area contributed by atoms with Gasteiger partial charge < -0.3 is 11.1 Å². The maximum atomic E-state index is 11.8. The summed E-state index contributed by atoms with van der Waals surface area (Å²) in [5.41, 5.74) is 6.90. The molecule has 0 saturated heterocycles. The molecule has 0 aromatic carbocycles. The van der Waals surface area contributed by atoms with Gasteiger partial charge in [0.25, 0.3) is 0 Å². The number of nitrogens with one attached hydrogen (secondary N) is 1. The van der Waals surface area contributed by atoms with Gasteiger partial charge in [-0.15, -0.1) is 11.3 Å². The summed E-state index contributed by atoms with van der Waals surface area (Å²) in [6.07, 6.45) is 2.51. The van der Waals surface area contributed by atoms with Crippen molar-refractivity contribution in [2.45, 2.75) is 26.8 Å². The first-order valence-corrected chi connectivity index (χ1v) is 5.86. The fraction of sp³-hybridized carbons (Fsp3) is 0.600. The number of nitrogens with zero attached hydrogens (tertiary/aromatic N) is 1. The second kappa shape index (κ2) is 5.23. The fourth-order valence-corrected chi connectivity index (χ4v) is 1.64. The van der Waals surface area contributed by atoms with Crippen LogP contribution >= 0.6 is 11.3 Å². The number of carbonyl (C=O) groups excluding carboxylic acids is 1. The molecule has 1 aromatic rings. The number of carbonyl (C=O) groups is 1. The van der Waals surface area contributed by atoms with E-state index in [0.29, 0.717) is 13.1 Å². The monoisotopic (exact) mass is 227 g/mol.